The summed E-state index contributed by atoms with van der Waals surface area (Å²) in [6.07, 6.45) is 2.77. The second-order valence-corrected chi connectivity index (χ2v) is 5.21. The first-order valence-corrected chi connectivity index (χ1v) is 7.26. The monoisotopic (exact) mass is 321 g/mol. The number of hydrogen-bond acceptors (Lipinski definition) is 4. The van der Waals surface area contributed by atoms with E-state index in [2.05, 4.69) is 20.9 Å². The minimum absolute atomic E-state index is 0.198. The molecular weight excluding hydrogens is 306 g/mol. The minimum Gasteiger partial charge on any atom is -0.322 e. The van der Waals surface area contributed by atoms with Gasteiger partial charge in [0.2, 0.25) is 0 Å². The van der Waals surface area contributed by atoms with Crippen molar-refractivity contribution in [2.75, 3.05) is 10.7 Å². The predicted octanol–water partition coefficient (Wildman–Crippen LogP) is 2.22. The van der Waals surface area contributed by atoms with Crippen molar-refractivity contribution in [1.82, 2.24) is 14.9 Å². The van der Waals surface area contributed by atoms with Gasteiger partial charge in [-0.25, -0.2) is 4.68 Å². The molecule has 7 heteroatoms. The molecule has 0 radical (unpaired) electrons. The van der Waals surface area contributed by atoms with Gasteiger partial charge in [-0.05, 0) is 43.3 Å². The number of rotatable bonds is 4. The molecule has 0 unspecified atom stereocenters. The van der Waals surface area contributed by atoms with Crippen LogP contribution in [0.15, 0.2) is 61.2 Å². The number of nitrogens with zero attached hydrogens (tertiary/aromatic N) is 3. The summed E-state index contributed by atoms with van der Waals surface area (Å²) in [5.74, 6) is -0.497. The summed E-state index contributed by atoms with van der Waals surface area (Å²) in [6, 6.07) is 13.9. The van der Waals surface area contributed by atoms with Gasteiger partial charge in [0.15, 0.2) is 0 Å². The Morgan fingerprint density at radius 1 is 0.833 bits per heavy atom. The molecule has 0 aliphatic rings. The summed E-state index contributed by atoms with van der Waals surface area (Å²) >= 11 is 0. The SMILES string of the molecule is Cc1ccc(C(=O)Nc2ccc(C(=O)Nn3cnnc3)cc2)cc1. The molecule has 120 valence electrons. The van der Waals surface area contributed by atoms with E-state index < -0.39 is 0 Å². The van der Waals surface area contributed by atoms with E-state index >= 15 is 0 Å². The summed E-state index contributed by atoms with van der Waals surface area (Å²) in [6.45, 7) is 1.96. The fourth-order valence-electron chi connectivity index (χ4n) is 2.05. The molecule has 2 N–H and O–H groups in total. The highest BCUT2D eigenvalue weighted by atomic mass is 16.2. The first-order chi connectivity index (χ1) is 11.6. The van der Waals surface area contributed by atoms with Crippen LogP contribution in [0.1, 0.15) is 26.3 Å². The Bertz CT molecular complexity index is 840. The molecule has 0 aliphatic carbocycles. The van der Waals surface area contributed by atoms with Gasteiger partial charge in [-0.3, -0.25) is 15.0 Å². The van der Waals surface area contributed by atoms with Crippen LogP contribution in [0.4, 0.5) is 5.69 Å². The Balaban J connectivity index is 1.64. The van der Waals surface area contributed by atoms with Gasteiger partial charge in [0.25, 0.3) is 11.8 Å². The van der Waals surface area contributed by atoms with Crippen molar-refractivity contribution in [3.8, 4) is 0 Å². The summed E-state index contributed by atoms with van der Waals surface area (Å²) < 4.78 is 1.36. The number of carbonyl (C=O) groups excluding carboxylic acids is 2. The van der Waals surface area contributed by atoms with Crippen molar-refractivity contribution in [2.24, 2.45) is 0 Å². The fraction of sp³-hybridized carbons (Fsp3) is 0.0588. The topological polar surface area (TPSA) is 88.9 Å². The Morgan fingerprint density at radius 2 is 1.38 bits per heavy atom. The molecule has 0 bridgehead atoms. The molecule has 3 rings (SSSR count). The zero-order valence-corrected chi connectivity index (χ0v) is 12.9. The maximum absolute atomic E-state index is 12.1. The summed E-state index contributed by atoms with van der Waals surface area (Å²) in [5.41, 5.74) is 5.33. The Kier molecular flexibility index (Phi) is 4.33. The lowest BCUT2D eigenvalue weighted by Gasteiger charge is -2.08. The Labute approximate surface area is 138 Å². The van der Waals surface area contributed by atoms with Crippen molar-refractivity contribution < 1.29 is 9.59 Å². The van der Waals surface area contributed by atoms with Crippen LogP contribution in [0.5, 0.6) is 0 Å². The van der Waals surface area contributed by atoms with Gasteiger partial charge in [-0.1, -0.05) is 17.7 Å². The molecule has 2 amide bonds. The molecule has 0 aliphatic heterocycles. The maximum atomic E-state index is 12.1. The third-order valence-electron chi connectivity index (χ3n) is 3.37. The van der Waals surface area contributed by atoms with Gasteiger partial charge in [0.1, 0.15) is 12.7 Å². The third-order valence-corrected chi connectivity index (χ3v) is 3.37. The molecule has 7 nitrogen and oxygen atoms in total. The maximum Gasteiger partial charge on any atom is 0.270 e. The van der Waals surface area contributed by atoms with E-state index in [4.69, 9.17) is 0 Å². The molecular formula is C17H15N5O2. The van der Waals surface area contributed by atoms with E-state index in [1.165, 1.54) is 17.3 Å². The number of aromatic nitrogens is 3. The zero-order chi connectivity index (χ0) is 16.9. The fourth-order valence-corrected chi connectivity index (χ4v) is 2.05. The summed E-state index contributed by atoms with van der Waals surface area (Å²) in [5, 5.41) is 9.99. The molecule has 2 aromatic carbocycles. The lowest BCUT2D eigenvalue weighted by atomic mass is 10.1. The van der Waals surface area contributed by atoms with Gasteiger partial charge >= 0.3 is 0 Å². The van der Waals surface area contributed by atoms with Crippen LogP contribution >= 0.6 is 0 Å². The number of anilines is 1. The normalized spacial score (nSPS) is 10.2. The van der Waals surface area contributed by atoms with Gasteiger partial charge in [0, 0.05) is 16.8 Å². The smallest absolute Gasteiger partial charge is 0.270 e. The average molecular weight is 321 g/mol. The van der Waals surface area contributed by atoms with Crippen molar-refractivity contribution in [3.63, 3.8) is 0 Å². The van der Waals surface area contributed by atoms with Crippen LogP contribution in [0, 0.1) is 6.92 Å². The highest BCUT2D eigenvalue weighted by Gasteiger charge is 2.08. The van der Waals surface area contributed by atoms with Crippen LogP contribution in [-0.4, -0.2) is 26.7 Å². The van der Waals surface area contributed by atoms with Crippen LogP contribution in [-0.2, 0) is 0 Å². The second-order valence-electron chi connectivity index (χ2n) is 5.21. The molecule has 0 saturated carbocycles. The lowest BCUT2D eigenvalue weighted by molar-refractivity contribution is 0.100. The van der Waals surface area contributed by atoms with Crippen LogP contribution in [0.2, 0.25) is 0 Å². The Hall–Kier alpha value is -3.48. The Morgan fingerprint density at radius 3 is 2.00 bits per heavy atom. The van der Waals surface area contributed by atoms with Gasteiger partial charge in [-0.15, -0.1) is 10.2 Å². The molecule has 0 atom stereocenters. The first kappa shape index (κ1) is 15.4. The van der Waals surface area contributed by atoms with E-state index in [-0.39, 0.29) is 11.8 Å². The van der Waals surface area contributed by atoms with Crippen LogP contribution < -0.4 is 10.7 Å². The lowest BCUT2D eigenvalue weighted by Crippen LogP contribution is -2.21. The minimum atomic E-state index is -0.300. The number of aryl methyl sites for hydroxylation is 1. The molecule has 0 fully saturated rings. The first-order valence-electron chi connectivity index (χ1n) is 7.26. The van der Waals surface area contributed by atoms with E-state index in [9.17, 15) is 9.59 Å². The second kappa shape index (κ2) is 6.74. The molecule has 3 aromatic rings. The van der Waals surface area contributed by atoms with Gasteiger partial charge in [-0.2, -0.15) is 0 Å². The van der Waals surface area contributed by atoms with Crippen LogP contribution in [0.3, 0.4) is 0 Å². The summed E-state index contributed by atoms with van der Waals surface area (Å²) in [4.78, 5) is 24.2. The van der Waals surface area contributed by atoms with Crippen molar-refractivity contribution in [3.05, 3.63) is 77.9 Å². The largest absolute Gasteiger partial charge is 0.322 e. The van der Waals surface area contributed by atoms with Crippen molar-refractivity contribution >= 4 is 17.5 Å². The van der Waals surface area contributed by atoms with E-state index in [0.29, 0.717) is 16.8 Å². The predicted molar refractivity (Wildman–Crippen MR) is 89.3 cm³/mol. The third kappa shape index (κ3) is 3.64. The molecule has 0 spiro atoms. The molecule has 1 heterocycles. The highest BCUT2D eigenvalue weighted by Crippen LogP contribution is 2.12. The quantitative estimate of drug-likeness (QED) is 0.771. The van der Waals surface area contributed by atoms with Crippen LogP contribution in [0.25, 0.3) is 0 Å². The van der Waals surface area contributed by atoms with Crippen molar-refractivity contribution in [2.45, 2.75) is 6.92 Å². The molecule has 1 aromatic heterocycles. The van der Waals surface area contributed by atoms with Crippen molar-refractivity contribution in [1.29, 1.82) is 0 Å². The molecule has 0 saturated heterocycles. The standard InChI is InChI=1S/C17H15N5O2/c1-12-2-4-13(5-3-12)16(23)20-15-8-6-14(7-9-15)17(24)21-22-10-18-19-11-22/h2-11H,1H3,(H,20,23)(H,21,24). The van der Waals surface area contributed by atoms with E-state index in [1.54, 1.807) is 36.4 Å². The number of nitrogens with one attached hydrogen (secondary N) is 2. The summed E-state index contributed by atoms with van der Waals surface area (Å²) in [7, 11) is 0. The molecule has 24 heavy (non-hydrogen) atoms. The van der Waals surface area contributed by atoms with Gasteiger partial charge < -0.3 is 5.32 Å². The highest BCUT2D eigenvalue weighted by molar-refractivity contribution is 6.05. The zero-order valence-electron chi connectivity index (χ0n) is 12.9. The van der Waals surface area contributed by atoms with E-state index in [1.807, 2.05) is 19.1 Å². The number of carbonyl (C=O) groups is 2. The number of benzene rings is 2. The number of hydrogen-bond donors (Lipinski definition) is 2. The van der Waals surface area contributed by atoms with E-state index in [0.717, 1.165) is 5.56 Å². The average Bonchev–Trinajstić information content (AvgIpc) is 3.09. The number of amides is 2. The van der Waals surface area contributed by atoms with Gasteiger partial charge in [0.05, 0.1) is 0 Å².